The van der Waals surface area contributed by atoms with Gasteiger partial charge in [0.1, 0.15) is 0 Å². The predicted molar refractivity (Wildman–Crippen MR) is 50.8 cm³/mol. The lowest BCUT2D eigenvalue weighted by Gasteiger charge is -2.03. The number of aromatic nitrogens is 2. The highest BCUT2D eigenvalue weighted by Crippen LogP contribution is 2.12. The van der Waals surface area contributed by atoms with E-state index in [9.17, 15) is 4.79 Å². The van der Waals surface area contributed by atoms with Crippen LogP contribution in [0.15, 0.2) is 41.3 Å². The summed E-state index contributed by atoms with van der Waals surface area (Å²) in [5, 5.41) is 2.79. The first-order chi connectivity index (χ1) is 6.29. The van der Waals surface area contributed by atoms with E-state index in [0.29, 0.717) is 11.4 Å². The van der Waals surface area contributed by atoms with Crippen LogP contribution in [-0.4, -0.2) is 9.78 Å². The number of nitrogen functional groups attached to an aromatic ring is 1. The molecule has 0 saturated heterocycles. The van der Waals surface area contributed by atoms with E-state index in [1.165, 1.54) is 10.7 Å². The second-order valence-electron chi connectivity index (χ2n) is 2.69. The maximum atomic E-state index is 11.2. The number of aromatic amines is 1. The number of benzene rings is 1. The Morgan fingerprint density at radius 3 is 2.62 bits per heavy atom. The maximum absolute atomic E-state index is 11.2. The maximum Gasteiger partial charge on any atom is 0.271 e. The molecule has 4 nitrogen and oxygen atoms in total. The molecule has 13 heavy (non-hydrogen) atoms. The standard InChI is InChI=1S/C9H9N3O/c10-7-3-1-2-4-8(7)12-9(13)5-6-11-12/h1-6,11H,10H2. The lowest BCUT2D eigenvalue weighted by atomic mass is 10.3. The van der Waals surface area contributed by atoms with Crippen molar-refractivity contribution in [2.75, 3.05) is 5.73 Å². The van der Waals surface area contributed by atoms with E-state index in [-0.39, 0.29) is 5.56 Å². The van der Waals surface area contributed by atoms with Gasteiger partial charge in [0.25, 0.3) is 5.56 Å². The fraction of sp³-hybridized carbons (Fsp3) is 0. The van der Waals surface area contributed by atoms with E-state index in [2.05, 4.69) is 5.10 Å². The summed E-state index contributed by atoms with van der Waals surface area (Å²) in [4.78, 5) is 11.2. The quantitative estimate of drug-likeness (QED) is 0.628. The van der Waals surface area contributed by atoms with Crippen LogP contribution in [0.2, 0.25) is 0 Å². The number of H-pyrrole nitrogens is 1. The Morgan fingerprint density at radius 1 is 1.23 bits per heavy atom. The lowest BCUT2D eigenvalue weighted by Crippen LogP contribution is -2.14. The Morgan fingerprint density at radius 2 is 2.00 bits per heavy atom. The van der Waals surface area contributed by atoms with Gasteiger partial charge in [0.05, 0.1) is 11.4 Å². The summed E-state index contributed by atoms with van der Waals surface area (Å²) in [5.74, 6) is 0. The fourth-order valence-corrected chi connectivity index (χ4v) is 1.20. The minimum atomic E-state index is -0.113. The van der Waals surface area contributed by atoms with E-state index >= 15 is 0 Å². The van der Waals surface area contributed by atoms with E-state index in [0.717, 1.165) is 0 Å². The molecule has 0 amide bonds. The Labute approximate surface area is 74.6 Å². The summed E-state index contributed by atoms with van der Waals surface area (Å²) < 4.78 is 1.40. The van der Waals surface area contributed by atoms with Crippen LogP contribution in [0.4, 0.5) is 5.69 Å². The van der Waals surface area contributed by atoms with Gasteiger partial charge >= 0.3 is 0 Å². The molecule has 0 unspecified atom stereocenters. The lowest BCUT2D eigenvalue weighted by molar-refractivity contribution is 0.852. The minimum absolute atomic E-state index is 0.113. The Kier molecular flexibility index (Phi) is 1.66. The summed E-state index contributed by atoms with van der Waals surface area (Å²) in [6, 6.07) is 8.65. The van der Waals surface area contributed by atoms with Crippen molar-refractivity contribution in [1.82, 2.24) is 9.78 Å². The predicted octanol–water partition coefficient (Wildman–Crippen LogP) is 0.748. The largest absolute Gasteiger partial charge is 0.397 e. The zero-order chi connectivity index (χ0) is 9.26. The third kappa shape index (κ3) is 1.22. The summed E-state index contributed by atoms with van der Waals surface area (Å²) in [6.07, 6.45) is 1.58. The first kappa shape index (κ1) is 7.67. The molecule has 2 aromatic rings. The van der Waals surface area contributed by atoms with Crippen LogP contribution in [0.3, 0.4) is 0 Å². The summed E-state index contributed by atoms with van der Waals surface area (Å²) in [6.45, 7) is 0. The highest BCUT2D eigenvalue weighted by Gasteiger charge is 2.01. The Bertz CT molecular complexity index is 469. The fourth-order valence-electron chi connectivity index (χ4n) is 1.20. The van der Waals surface area contributed by atoms with Crippen molar-refractivity contribution in [1.29, 1.82) is 0 Å². The molecule has 0 radical (unpaired) electrons. The topological polar surface area (TPSA) is 63.8 Å². The molecule has 0 aliphatic heterocycles. The summed E-state index contributed by atoms with van der Waals surface area (Å²) in [7, 11) is 0. The molecule has 1 aromatic heterocycles. The number of rotatable bonds is 1. The van der Waals surface area contributed by atoms with Crippen molar-refractivity contribution in [3.8, 4) is 5.69 Å². The highest BCUT2D eigenvalue weighted by molar-refractivity contribution is 5.56. The van der Waals surface area contributed by atoms with Gasteiger partial charge in [-0.15, -0.1) is 0 Å². The zero-order valence-corrected chi connectivity index (χ0v) is 6.90. The monoisotopic (exact) mass is 175 g/mol. The molecule has 0 spiro atoms. The van der Waals surface area contributed by atoms with E-state index in [4.69, 9.17) is 5.73 Å². The molecule has 0 atom stereocenters. The molecule has 0 aliphatic carbocycles. The number of para-hydroxylation sites is 2. The third-order valence-corrected chi connectivity index (χ3v) is 1.83. The number of hydrogen-bond donors (Lipinski definition) is 2. The van der Waals surface area contributed by atoms with Crippen molar-refractivity contribution in [2.24, 2.45) is 0 Å². The first-order valence-corrected chi connectivity index (χ1v) is 3.90. The second-order valence-corrected chi connectivity index (χ2v) is 2.69. The number of nitrogens with zero attached hydrogens (tertiary/aromatic N) is 1. The van der Waals surface area contributed by atoms with Crippen molar-refractivity contribution < 1.29 is 0 Å². The molecule has 0 bridgehead atoms. The van der Waals surface area contributed by atoms with Crippen molar-refractivity contribution >= 4 is 5.69 Å². The molecule has 0 aliphatic rings. The van der Waals surface area contributed by atoms with Crippen LogP contribution in [-0.2, 0) is 0 Å². The molecular formula is C9H9N3O. The first-order valence-electron chi connectivity index (χ1n) is 3.90. The van der Waals surface area contributed by atoms with Crippen LogP contribution in [0, 0.1) is 0 Å². The van der Waals surface area contributed by atoms with Crippen LogP contribution >= 0.6 is 0 Å². The molecule has 4 heteroatoms. The molecule has 0 fully saturated rings. The van der Waals surface area contributed by atoms with Gasteiger partial charge in [-0.2, -0.15) is 0 Å². The van der Waals surface area contributed by atoms with Gasteiger partial charge in [0.2, 0.25) is 0 Å². The van der Waals surface area contributed by atoms with Crippen LogP contribution < -0.4 is 11.3 Å². The molecule has 0 saturated carbocycles. The molecule has 3 N–H and O–H groups in total. The molecule has 2 rings (SSSR count). The number of anilines is 1. The average Bonchev–Trinajstić information content (AvgIpc) is 2.52. The van der Waals surface area contributed by atoms with Gasteiger partial charge in [0, 0.05) is 12.3 Å². The van der Waals surface area contributed by atoms with E-state index in [1.807, 2.05) is 12.1 Å². The Balaban J connectivity index is 2.66. The van der Waals surface area contributed by atoms with Gasteiger partial charge in [-0.05, 0) is 12.1 Å². The second kappa shape index (κ2) is 2.82. The minimum Gasteiger partial charge on any atom is -0.397 e. The average molecular weight is 175 g/mol. The van der Waals surface area contributed by atoms with Gasteiger partial charge < -0.3 is 5.73 Å². The van der Waals surface area contributed by atoms with E-state index < -0.39 is 0 Å². The van der Waals surface area contributed by atoms with Gasteiger partial charge in [0.15, 0.2) is 0 Å². The normalized spacial score (nSPS) is 10.2. The molecule has 1 aromatic carbocycles. The number of nitrogens with one attached hydrogen (secondary N) is 1. The van der Waals surface area contributed by atoms with Crippen molar-refractivity contribution in [2.45, 2.75) is 0 Å². The summed E-state index contributed by atoms with van der Waals surface area (Å²) >= 11 is 0. The smallest absolute Gasteiger partial charge is 0.271 e. The molecule has 66 valence electrons. The van der Waals surface area contributed by atoms with Crippen LogP contribution in [0.25, 0.3) is 5.69 Å². The van der Waals surface area contributed by atoms with Gasteiger partial charge in [-0.3, -0.25) is 9.89 Å². The third-order valence-electron chi connectivity index (χ3n) is 1.83. The Hall–Kier alpha value is -1.97. The van der Waals surface area contributed by atoms with Gasteiger partial charge in [-0.1, -0.05) is 12.1 Å². The summed E-state index contributed by atoms with van der Waals surface area (Å²) in [5.41, 5.74) is 6.84. The molecule has 1 heterocycles. The van der Waals surface area contributed by atoms with Gasteiger partial charge in [-0.25, -0.2) is 4.68 Å². The van der Waals surface area contributed by atoms with Crippen molar-refractivity contribution in [3.63, 3.8) is 0 Å². The van der Waals surface area contributed by atoms with Crippen molar-refractivity contribution in [3.05, 3.63) is 46.9 Å². The van der Waals surface area contributed by atoms with Crippen LogP contribution in [0.1, 0.15) is 0 Å². The molecular weight excluding hydrogens is 166 g/mol. The number of hydrogen-bond acceptors (Lipinski definition) is 2. The number of nitrogens with two attached hydrogens (primary N) is 1. The van der Waals surface area contributed by atoms with Crippen LogP contribution in [0.5, 0.6) is 0 Å². The van der Waals surface area contributed by atoms with E-state index in [1.54, 1.807) is 18.3 Å². The zero-order valence-electron chi connectivity index (χ0n) is 6.90. The SMILES string of the molecule is Nc1ccccc1-n1[nH]ccc1=O. The highest BCUT2D eigenvalue weighted by atomic mass is 16.1.